The van der Waals surface area contributed by atoms with Crippen LogP contribution in [0, 0.1) is 10.1 Å². The molecular weight excluding hydrogens is 344 g/mol. The van der Waals surface area contributed by atoms with Crippen molar-refractivity contribution >= 4 is 23.6 Å². The molecule has 2 amide bonds. The monoisotopic (exact) mass is 368 g/mol. The van der Waals surface area contributed by atoms with E-state index in [0.29, 0.717) is 4.90 Å². The molecule has 9 nitrogen and oxygen atoms in total. The Kier molecular flexibility index (Phi) is 6.19. The molecule has 0 N–H and O–H groups in total. The smallest absolute Gasteiger partial charge is 0.424 e. The third-order valence-electron chi connectivity index (χ3n) is 2.77. The molecule has 0 saturated heterocycles. The highest BCUT2D eigenvalue weighted by molar-refractivity contribution is 6.11. The predicted molar refractivity (Wildman–Crippen MR) is 94.6 cm³/mol. The highest BCUT2D eigenvalue weighted by Gasteiger charge is 2.36. The van der Waals surface area contributed by atoms with Gasteiger partial charge in [0.25, 0.3) is 5.69 Å². The number of carbonyl (C=O) groups is 2. The normalized spacial score (nSPS) is 11.5. The maximum absolute atomic E-state index is 12.6. The number of methoxy groups -OCH3 is 1. The van der Waals surface area contributed by atoms with Gasteiger partial charge in [0, 0.05) is 12.1 Å². The molecule has 9 heteroatoms. The fraction of sp³-hybridized carbons (Fsp3) is 0.529. The summed E-state index contributed by atoms with van der Waals surface area (Å²) in [7, 11) is 1.36. The van der Waals surface area contributed by atoms with E-state index in [1.54, 1.807) is 41.5 Å². The molecule has 0 aliphatic rings. The summed E-state index contributed by atoms with van der Waals surface area (Å²) in [5, 5.41) is 11.4. The average molecular weight is 368 g/mol. The van der Waals surface area contributed by atoms with Gasteiger partial charge in [0.1, 0.15) is 22.6 Å². The Labute approximate surface area is 152 Å². The fourth-order valence-corrected chi connectivity index (χ4v) is 1.85. The third-order valence-corrected chi connectivity index (χ3v) is 2.77. The molecule has 1 rings (SSSR count). The number of nitro benzene ring substituents is 1. The van der Waals surface area contributed by atoms with Gasteiger partial charge in [-0.15, -0.1) is 0 Å². The predicted octanol–water partition coefficient (Wildman–Crippen LogP) is 4.28. The van der Waals surface area contributed by atoms with E-state index in [1.165, 1.54) is 19.2 Å². The van der Waals surface area contributed by atoms with Crippen molar-refractivity contribution in [2.24, 2.45) is 0 Å². The quantitative estimate of drug-likeness (QED) is 0.578. The van der Waals surface area contributed by atoms with Gasteiger partial charge in [0.05, 0.1) is 12.0 Å². The van der Waals surface area contributed by atoms with E-state index in [9.17, 15) is 19.7 Å². The van der Waals surface area contributed by atoms with Crippen molar-refractivity contribution in [3.8, 4) is 5.75 Å². The first-order valence-corrected chi connectivity index (χ1v) is 7.83. The fourth-order valence-electron chi connectivity index (χ4n) is 1.85. The van der Waals surface area contributed by atoms with Crippen LogP contribution in [0.5, 0.6) is 5.75 Å². The molecule has 0 fully saturated rings. The van der Waals surface area contributed by atoms with Crippen LogP contribution >= 0.6 is 0 Å². The van der Waals surface area contributed by atoms with Gasteiger partial charge in [0.2, 0.25) is 0 Å². The zero-order valence-electron chi connectivity index (χ0n) is 16.0. The maximum Gasteiger partial charge on any atom is 0.424 e. The lowest BCUT2D eigenvalue weighted by Gasteiger charge is -2.28. The number of rotatable bonds is 3. The van der Waals surface area contributed by atoms with Gasteiger partial charge < -0.3 is 14.2 Å². The van der Waals surface area contributed by atoms with Crippen molar-refractivity contribution in [1.82, 2.24) is 0 Å². The Morgan fingerprint density at radius 2 is 1.46 bits per heavy atom. The molecule has 1 aromatic rings. The Bertz CT molecular complexity index is 674. The van der Waals surface area contributed by atoms with Gasteiger partial charge in [0.15, 0.2) is 0 Å². The highest BCUT2D eigenvalue weighted by Crippen LogP contribution is 2.34. The van der Waals surface area contributed by atoms with Gasteiger partial charge in [-0.1, -0.05) is 0 Å². The van der Waals surface area contributed by atoms with Crippen LogP contribution in [-0.2, 0) is 9.47 Å². The average Bonchev–Trinajstić information content (AvgIpc) is 2.43. The minimum Gasteiger partial charge on any atom is -0.497 e. The van der Waals surface area contributed by atoms with Crippen molar-refractivity contribution in [3.05, 3.63) is 28.3 Å². The van der Waals surface area contributed by atoms with Crippen LogP contribution in [0.2, 0.25) is 0 Å². The van der Waals surface area contributed by atoms with Crippen LogP contribution in [-0.4, -0.2) is 35.4 Å². The molecule has 0 radical (unpaired) electrons. The molecule has 0 aliphatic heterocycles. The first-order valence-electron chi connectivity index (χ1n) is 7.83. The molecule has 0 aliphatic carbocycles. The molecule has 0 heterocycles. The molecule has 1 aromatic carbocycles. The summed E-state index contributed by atoms with van der Waals surface area (Å²) >= 11 is 0. The number of hydrogen-bond acceptors (Lipinski definition) is 7. The van der Waals surface area contributed by atoms with Crippen LogP contribution in [0.3, 0.4) is 0 Å². The second kappa shape index (κ2) is 7.59. The minimum absolute atomic E-state index is 0.225. The second-order valence-electron chi connectivity index (χ2n) is 7.41. The molecular formula is C17H24N2O7. The summed E-state index contributed by atoms with van der Waals surface area (Å²) in [6, 6.07) is 3.69. The second-order valence-corrected chi connectivity index (χ2v) is 7.41. The summed E-state index contributed by atoms with van der Waals surface area (Å²) in [4.78, 5) is 36.4. The van der Waals surface area contributed by atoms with Crippen LogP contribution < -0.4 is 9.64 Å². The minimum atomic E-state index is -1.09. The molecule has 0 bridgehead atoms. The number of amides is 2. The van der Waals surface area contributed by atoms with E-state index in [0.717, 1.165) is 6.07 Å². The Morgan fingerprint density at radius 3 is 1.81 bits per heavy atom. The van der Waals surface area contributed by atoms with Gasteiger partial charge in [-0.25, -0.2) is 9.59 Å². The lowest BCUT2D eigenvalue weighted by atomic mass is 10.2. The van der Waals surface area contributed by atoms with Gasteiger partial charge >= 0.3 is 12.2 Å². The molecule has 26 heavy (non-hydrogen) atoms. The number of hydrogen-bond donors (Lipinski definition) is 0. The largest absolute Gasteiger partial charge is 0.497 e. The standard InChI is InChI=1S/C17H24N2O7/c1-16(2,3)25-14(20)18(15(21)26-17(4,5)6)13-10-11(24-7)8-9-12(13)19(22)23/h8-10H,1-7H3. The highest BCUT2D eigenvalue weighted by atomic mass is 16.6. The Hall–Kier alpha value is -2.84. The number of imide groups is 1. The van der Waals surface area contributed by atoms with Crippen molar-refractivity contribution in [2.75, 3.05) is 12.0 Å². The Morgan fingerprint density at radius 1 is 1.00 bits per heavy atom. The lowest BCUT2D eigenvalue weighted by Crippen LogP contribution is -2.44. The van der Waals surface area contributed by atoms with Gasteiger partial charge in [-0.05, 0) is 47.6 Å². The van der Waals surface area contributed by atoms with Crippen LogP contribution in [0.15, 0.2) is 18.2 Å². The number of nitrogens with zero attached hydrogens (tertiary/aromatic N) is 2. The zero-order chi connectivity index (χ0) is 20.3. The Balaban J connectivity index is 3.51. The summed E-state index contributed by atoms with van der Waals surface area (Å²) in [5.41, 5.74) is -2.63. The zero-order valence-corrected chi connectivity index (χ0v) is 16.0. The van der Waals surface area contributed by atoms with E-state index in [-0.39, 0.29) is 11.4 Å². The van der Waals surface area contributed by atoms with Gasteiger partial charge in [-0.2, -0.15) is 4.90 Å². The van der Waals surface area contributed by atoms with Crippen LogP contribution in [0.25, 0.3) is 0 Å². The SMILES string of the molecule is COc1ccc([N+](=O)[O-])c(N(C(=O)OC(C)(C)C)C(=O)OC(C)(C)C)c1. The molecule has 0 saturated carbocycles. The van der Waals surface area contributed by atoms with E-state index < -0.39 is 34.0 Å². The maximum atomic E-state index is 12.6. The molecule has 0 spiro atoms. The molecule has 0 unspecified atom stereocenters. The van der Waals surface area contributed by atoms with Crippen molar-refractivity contribution in [3.63, 3.8) is 0 Å². The number of nitro groups is 1. The topological polar surface area (TPSA) is 108 Å². The van der Waals surface area contributed by atoms with Crippen LogP contribution in [0.1, 0.15) is 41.5 Å². The van der Waals surface area contributed by atoms with E-state index >= 15 is 0 Å². The number of benzene rings is 1. The number of ether oxygens (including phenoxy) is 3. The molecule has 0 atom stereocenters. The summed E-state index contributed by atoms with van der Waals surface area (Å²) < 4.78 is 15.5. The van der Waals surface area contributed by atoms with Crippen molar-refractivity contribution in [2.45, 2.75) is 52.7 Å². The molecule has 0 aromatic heterocycles. The number of anilines is 1. The summed E-state index contributed by atoms with van der Waals surface area (Å²) in [6.07, 6.45) is -2.19. The van der Waals surface area contributed by atoms with E-state index in [4.69, 9.17) is 14.2 Å². The third kappa shape index (κ3) is 5.91. The van der Waals surface area contributed by atoms with Crippen molar-refractivity contribution < 1.29 is 28.7 Å². The molecule has 144 valence electrons. The van der Waals surface area contributed by atoms with Gasteiger partial charge in [-0.3, -0.25) is 10.1 Å². The lowest BCUT2D eigenvalue weighted by molar-refractivity contribution is -0.384. The van der Waals surface area contributed by atoms with E-state index in [1.807, 2.05) is 0 Å². The van der Waals surface area contributed by atoms with E-state index in [2.05, 4.69) is 0 Å². The number of carbonyl (C=O) groups excluding carboxylic acids is 2. The summed E-state index contributed by atoms with van der Waals surface area (Å²) in [6.45, 7) is 9.66. The van der Waals surface area contributed by atoms with Crippen molar-refractivity contribution in [1.29, 1.82) is 0 Å². The van der Waals surface area contributed by atoms with Crippen LogP contribution in [0.4, 0.5) is 21.0 Å². The first kappa shape index (κ1) is 21.2. The first-order chi connectivity index (χ1) is 11.7. The summed E-state index contributed by atoms with van der Waals surface area (Å²) in [5.74, 6) is 0.225.